The van der Waals surface area contributed by atoms with Crippen LogP contribution in [-0.4, -0.2) is 18.3 Å². The van der Waals surface area contributed by atoms with Gasteiger partial charge in [0, 0.05) is 13.2 Å². The largest absolute Gasteiger partial charge is 0.388 e. The van der Waals surface area contributed by atoms with E-state index in [1.807, 2.05) is 6.92 Å². The minimum absolute atomic E-state index is 0.251. The number of aliphatic hydroxyl groups excluding tert-OH is 1. The molecule has 1 aromatic rings. The summed E-state index contributed by atoms with van der Waals surface area (Å²) in [6.45, 7) is 2.96. The van der Waals surface area contributed by atoms with Gasteiger partial charge in [0.25, 0.3) is 0 Å². The molecule has 90 valence electrons. The van der Waals surface area contributed by atoms with E-state index in [0.717, 1.165) is 12.1 Å². The van der Waals surface area contributed by atoms with Crippen molar-refractivity contribution in [1.82, 2.24) is 0 Å². The summed E-state index contributed by atoms with van der Waals surface area (Å²) in [7, 11) is 0. The van der Waals surface area contributed by atoms with Crippen molar-refractivity contribution in [2.45, 2.75) is 25.9 Å². The van der Waals surface area contributed by atoms with Crippen LogP contribution in [0.4, 0.5) is 8.78 Å². The molecule has 0 aromatic heterocycles. The summed E-state index contributed by atoms with van der Waals surface area (Å²) in [6, 6.07) is 3.56. The quantitative estimate of drug-likeness (QED) is 0.761. The molecule has 2 nitrogen and oxygen atoms in total. The van der Waals surface area contributed by atoms with Gasteiger partial charge in [-0.1, -0.05) is 6.07 Å². The number of hydrogen-bond donors (Lipinski definition) is 1. The standard InChI is InChI=1S/C12H16F2O2/c1-2-16-8-4-7-11(15)12-9(13)5-3-6-10(12)14/h3,5-6,11,15H,2,4,7-8H2,1H3. The molecule has 0 heterocycles. The highest BCUT2D eigenvalue weighted by atomic mass is 19.1. The summed E-state index contributed by atoms with van der Waals surface area (Å²) in [4.78, 5) is 0. The molecule has 1 rings (SSSR count). The fourth-order valence-corrected chi connectivity index (χ4v) is 1.50. The van der Waals surface area contributed by atoms with Crippen molar-refractivity contribution in [2.24, 2.45) is 0 Å². The maximum absolute atomic E-state index is 13.2. The molecule has 0 amide bonds. The Hall–Kier alpha value is -1.00. The van der Waals surface area contributed by atoms with Crippen LogP contribution in [0.5, 0.6) is 0 Å². The zero-order chi connectivity index (χ0) is 12.0. The van der Waals surface area contributed by atoms with Gasteiger partial charge in [-0.15, -0.1) is 0 Å². The molecule has 0 aliphatic carbocycles. The summed E-state index contributed by atoms with van der Waals surface area (Å²) in [5, 5.41) is 9.65. The monoisotopic (exact) mass is 230 g/mol. The second kappa shape index (κ2) is 6.55. The molecule has 1 aromatic carbocycles. The van der Waals surface area contributed by atoms with Crippen molar-refractivity contribution < 1.29 is 18.6 Å². The Balaban J connectivity index is 2.55. The van der Waals surface area contributed by atoms with Gasteiger partial charge in [0.15, 0.2) is 0 Å². The van der Waals surface area contributed by atoms with Crippen LogP contribution in [0.3, 0.4) is 0 Å². The Bertz CT molecular complexity index is 309. The van der Waals surface area contributed by atoms with Crippen molar-refractivity contribution in [2.75, 3.05) is 13.2 Å². The van der Waals surface area contributed by atoms with Gasteiger partial charge < -0.3 is 9.84 Å². The van der Waals surface area contributed by atoms with Crippen LogP contribution in [0.25, 0.3) is 0 Å². The Labute approximate surface area is 93.9 Å². The summed E-state index contributed by atoms with van der Waals surface area (Å²) >= 11 is 0. The molecule has 0 aliphatic rings. The normalized spacial score (nSPS) is 12.8. The van der Waals surface area contributed by atoms with E-state index in [2.05, 4.69) is 0 Å². The van der Waals surface area contributed by atoms with Crippen molar-refractivity contribution >= 4 is 0 Å². The summed E-state index contributed by atoms with van der Waals surface area (Å²) in [5.41, 5.74) is -0.251. The predicted octanol–water partition coefficient (Wildman–Crippen LogP) is 2.81. The van der Waals surface area contributed by atoms with E-state index in [4.69, 9.17) is 4.74 Å². The van der Waals surface area contributed by atoms with Gasteiger partial charge >= 0.3 is 0 Å². The molecular weight excluding hydrogens is 214 g/mol. The molecule has 1 N–H and O–H groups in total. The summed E-state index contributed by atoms with van der Waals surface area (Å²) < 4.78 is 31.6. The van der Waals surface area contributed by atoms with Crippen molar-refractivity contribution in [3.63, 3.8) is 0 Å². The van der Waals surface area contributed by atoms with Crippen LogP contribution in [0.2, 0.25) is 0 Å². The minimum atomic E-state index is -1.11. The third-order valence-corrected chi connectivity index (χ3v) is 2.30. The van der Waals surface area contributed by atoms with E-state index in [1.54, 1.807) is 0 Å². The van der Waals surface area contributed by atoms with Gasteiger partial charge in [-0.3, -0.25) is 0 Å². The molecule has 1 unspecified atom stereocenters. The molecular formula is C12H16F2O2. The third kappa shape index (κ3) is 3.54. The molecule has 0 spiro atoms. The smallest absolute Gasteiger partial charge is 0.131 e. The Morgan fingerprint density at radius 3 is 2.50 bits per heavy atom. The zero-order valence-corrected chi connectivity index (χ0v) is 9.25. The lowest BCUT2D eigenvalue weighted by Crippen LogP contribution is -2.05. The average molecular weight is 230 g/mol. The number of aliphatic hydroxyl groups is 1. The van der Waals surface area contributed by atoms with Crippen LogP contribution in [0.15, 0.2) is 18.2 Å². The first-order chi connectivity index (χ1) is 7.66. The highest BCUT2D eigenvalue weighted by Gasteiger charge is 2.16. The molecule has 0 fully saturated rings. The molecule has 0 bridgehead atoms. The van der Waals surface area contributed by atoms with Gasteiger partial charge in [-0.25, -0.2) is 8.78 Å². The van der Waals surface area contributed by atoms with E-state index >= 15 is 0 Å². The maximum atomic E-state index is 13.2. The highest BCUT2D eigenvalue weighted by molar-refractivity contribution is 5.21. The van der Waals surface area contributed by atoms with Gasteiger partial charge in [0.2, 0.25) is 0 Å². The van der Waals surface area contributed by atoms with E-state index in [9.17, 15) is 13.9 Å². The Kier molecular flexibility index (Phi) is 5.35. The van der Waals surface area contributed by atoms with Crippen LogP contribution in [0, 0.1) is 11.6 Å². The first-order valence-corrected chi connectivity index (χ1v) is 5.36. The van der Waals surface area contributed by atoms with Gasteiger partial charge in [0.05, 0.1) is 11.7 Å². The lowest BCUT2D eigenvalue weighted by atomic mass is 10.0. The number of hydrogen-bond acceptors (Lipinski definition) is 2. The number of halogens is 2. The Morgan fingerprint density at radius 1 is 1.31 bits per heavy atom. The predicted molar refractivity (Wildman–Crippen MR) is 57.0 cm³/mol. The lowest BCUT2D eigenvalue weighted by molar-refractivity contribution is 0.111. The fraction of sp³-hybridized carbons (Fsp3) is 0.500. The van der Waals surface area contributed by atoms with Gasteiger partial charge in [0.1, 0.15) is 11.6 Å². The highest BCUT2D eigenvalue weighted by Crippen LogP contribution is 2.24. The zero-order valence-electron chi connectivity index (χ0n) is 9.25. The van der Waals surface area contributed by atoms with E-state index in [0.29, 0.717) is 19.6 Å². The van der Waals surface area contributed by atoms with E-state index < -0.39 is 17.7 Å². The number of rotatable bonds is 6. The van der Waals surface area contributed by atoms with Crippen LogP contribution < -0.4 is 0 Å². The summed E-state index contributed by atoms with van der Waals surface area (Å²) in [5.74, 6) is -1.41. The summed E-state index contributed by atoms with van der Waals surface area (Å²) in [6.07, 6.45) is -0.248. The second-order valence-electron chi connectivity index (χ2n) is 3.49. The molecule has 1 atom stereocenters. The first-order valence-electron chi connectivity index (χ1n) is 5.36. The maximum Gasteiger partial charge on any atom is 0.131 e. The topological polar surface area (TPSA) is 29.5 Å². The van der Waals surface area contributed by atoms with Crippen molar-refractivity contribution in [1.29, 1.82) is 0 Å². The molecule has 0 aliphatic heterocycles. The van der Waals surface area contributed by atoms with E-state index in [1.165, 1.54) is 6.07 Å². The fourth-order valence-electron chi connectivity index (χ4n) is 1.50. The molecule has 16 heavy (non-hydrogen) atoms. The number of ether oxygens (including phenoxy) is 1. The lowest BCUT2D eigenvalue weighted by Gasteiger charge is -2.12. The van der Waals surface area contributed by atoms with Gasteiger partial charge in [-0.2, -0.15) is 0 Å². The number of benzene rings is 1. The van der Waals surface area contributed by atoms with Crippen LogP contribution in [-0.2, 0) is 4.74 Å². The average Bonchev–Trinajstić information content (AvgIpc) is 2.24. The van der Waals surface area contributed by atoms with Crippen molar-refractivity contribution in [3.8, 4) is 0 Å². The van der Waals surface area contributed by atoms with E-state index in [-0.39, 0.29) is 12.0 Å². The molecule has 0 radical (unpaired) electrons. The van der Waals surface area contributed by atoms with Crippen LogP contribution in [0.1, 0.15) is 31.4 Å². The third-order valence-electron chi connectivity index (χ3n) is 2.30. The molecule has 4 heteroatoms. The minimum Gasteiger partial charge on any atom is -0.388 e. The van der Waals surface area contributed by atoms with Crippen molar-refractivity contribution in [3.05, 3.63) is 35.4 Å². The Morgan fingerprint density at radius 2 is 1.94 bits per heavy atom. The molecule has 0 saturated heterocycles. The SMILES string of the molecule is CCOCCCC(O)c1c(F)cccc1F. The van der Waals surface area contributed by atoms with Gasteiger partial charge in [-0.05, 0) is 31.9 Å². The second-order valence-corrected chi connectivity index (χ2v) is 3.49. The van der Waals surface area contributed by atoms with Crippen LogP contribution >= 0.6 is 0 Å². The first kappa shape index (κ1) is 13.1. The molecule has 0 saturated carbocycles.